The van der Waals surface area contributed by atoms with E-state index in [1.165, 1.54) is 0 Å². The molecule has 2 heterocycles. The van der Waals surface area contributed by atoms with E-state index < -0.39 is 0 Å². The number of hydrogen-bond acceptors (Lipinski definition) is 5. The zero-order chi connectivity index (χ0) is 17.2. The first-order chi connectivity index (χ1) is 12.3. The standard InChI is InChI=1S/C19H21N5O/c1-2-3-12-25-14-10-8-13(9-11-14)17-22-18(20)23-19-21-15-6-4-5-7-16(15)24(17)19/h4-11,17H,2-3,12H2,1H3,(H3,20,21,22,23). The van der Waals surface area contributed by atoms with Crippen LogP contribution in [-0.4, -0.2) is 22.1 Å². The van der Waals surface area contributed by atoms with E-state index in [0.29, 0.717) is 11.9 Å². The normalized spacial score (nSPS) is 16.2. The van der Waals surface area contributed by atoms with Crippen molar-refractivity contribution < 1.29 is 4.74 Å². The average molecular weight is 335 g/mol. The molecule has 1 aliphatic heterocycles. The van der Waals surface area contributed by atoms with Crippen molar-refractivity contribution in [2.24, 2.45) is 10.7 Å². The highest BCUT2D eigenvalue weighted by Gasteiger charge is 2.24. The summed E-state index contributed by atoms with van der Waals surface area (Å²) < 4.78 is 7.81. The molecular weight excluding hydrogens is 314 g/mol. The van der Waals surface area contributed by atoms with Crippen LogP contribution in [0.25, 0.3) is 11.0 Å². The summed E-state index contributed by atoms with van der Waals surface area (Å²) in [5.74, 6) is 1.96. The molecule has 2 aromatic carbocycles. The van der Waals surface area contributed by atoms with Crippen LogP contribution in [-0.2, 0) is 0 Å². The summed E-state index contributed by atoms with van der Waals surface area (Å²) in [5, 5.41) is 3.05. The first kappa shape index (κ1) is 15.5. The summed E-state index contributed by atoms with van der Waals surface area (Å²) >= 11 is 0. The van der Waals surface area contributed by atoms with Crippen molar-refractivity contribution in [2.45, 2.75) is 25.9 Å². The van der Waals surface area contributed by atoms with Crippen LogP contribution in [0.15, 0.2) is 53.5 Å². The van der Waals surface area contributed by atoms with Gasteiger partial charge in [0.25, 0.3) is 0 Å². The van der Waals surface area contributed by atoms with Gasteiger partial charge in [-0.25, -0.2) is 9.98 Å². The highest BCUT2D eigenvalue weighted by Crippen LogP contribution is 2.32. The topological polar surface area (TPSA) is 77.5 Å². The first-order valence-corrected chi connectivity index (χ1v) is 8.56. The lowest BCUT2D eigenvalue weighted by Gasteiger charge is -2.24. The molecule has 0 spiro atoms. The average Bonchev–Trinajstić information content (AvgIpc) is 3.00. The molecule has 0 bridgehead atoms. The molecule has 1 unspecified atom stereocenters. The van der Waals surface area contributed by atoms with Crippen LogP contribution in [0, 0.1) is 0 Å². The number of fused-ring (bicyclic) bond motifs is 3. The van der Waals surface area contributed by atoms with E-state index in [1.807, 2.05) is 48.5 Å². The fraction of sp³-hybridized carbons (Fsp3) is 0.263. The molecule has 3 aromatic rings. The Balaban J connectivity index is 1.69. The van der Waals surface area contributed by atoms with Gasteiger partial charge in [0.1, 0.15) is 5.75 Å². The predicted octanol–water partition coefficient (Wildman–Crippen LogP) is 3.50. The van der Waals surface area contributed by atoms with Crippen molar-refractivity contribution in [1.82, 2.24) is 9.55 Å². The molecule has 1 aromatic heterocycles. The number of rotatable bonds is 5. The quantitative estimate of drug-likeness (QED) is 0.700. The van der Waals surface area contributed by atoms with Gasteiger partial charge in [0.05, 0.1) is 17.6 Å². The Morgan fingerprint density at radius 3 is 2.76 bits per heavy atom. The van der Waals surface area contributed by atoms with Gasteiger partial charge in [-0.1, -0.05) is 37.6 Å². The minimum Gasteiger partial charge on any atom is -0.494 e. The van der Waals surface area contributed by atoms with E-state index in [-0.39, 0.29) is 6.17 Å². The molecule has 0 fully saturated rings. The fourth-order valence-corrected chi connectivity index (χ4v) is 3.01. The Labute approximate surface area is 146 Å². The summed E-state index contributed by atoms with van der Waals surface area (Å²) in [6, 6.07) is 16.0. The van der Waals surface area contributed by atoms with Crippen LogP contribution in [0.3, 0.4) is 0 Å². The number of para-hydroxylation sites is 2. The van der Waals surface area contributed by atoms with Gasteiger partial charge >= 0.3 is 0 Å². The van der Waals surface area contributed by atoms with Crippen molar-refractivity contribution in [3.05, 3.63) is 54.1 Å². The number of anilines is 1. The molecule has 25 heavy (non-hydrogen) atoms. The Kier molecular flexibility index (Phi) is 4.01. The molecule has 1 aliphatic rings. The number of nitrogens with two attached hydrogens (primary N) is 1. The van der Waals surface area contributed by atoms with E-state index in [0.717, 1.165) is 41.8 Å². The smallest absolute Gasteiger partial charge is 0.212 e. The SMILES string of the molecule is CCCCOc1ccc(C2N=C(N)Nc3nc4ccccc4n32)cc1. The number of ether oxygens (including phenoxy) is 1. The Bertz CT molecular complexity index is 913. The first-order valence-electron chi connectivity index (χ1n) is 8.56. The largest absolute Gasteiger partial charge is 0.494 e. The maximum atomic E-state index is 5.97. The molecule has 0 radical (unpaired) electrons. The highest BCUT2D eigenvalue weighted by molar-refractivity contribution is 5.94. The third kappa shape index (κ3) is 2.91. The minimum absolute atomic E-state index is 0.242. The van der Waals surface area contributed by atoms with Gasteiger partial charge in [0.2, 0.25) is 5.95 Å². The van der Waals surface area contributed by atoms with Crippen molar-refractivity contribution >= 4 is 22.9 Å². The van der Waals surface area contributed by atoms with Crippen molar-refractivity contribution in [2.75, 3.05) is 11.9 Å². The molecule has 0 saturated heterocycles. The third-order valence-corrected chi connectivity index (χ3v) is 4.29. The monoisotopic (exact) mass is 335 g/mol. The second-order valence-electron chi connectivity index (χ2n) is 6.08. The molecule has 4 rings (SSSR count). The third-order valence-electron chi connectivity index (χ3n) is 4.29. The summed E-state index contributed by atoms with van der Waals surface area (Å²) in [7, 11) is 0. The molecule has 3 N–H and O–H groups in total. The summed E-state index contributed by atoms with van der Waals surface area (Å²) in [6.07, 6.45) is 1.94. The lowest BCUT2D eigenvalue weighted by atomic mass is 10.1. The fourth-order valence-electron chi connectivity index (χ4n) is 3.01. The second kappa shape index (κ2) is 6.47. The number of guanidine groups is 1. The summed E-state index contributed by atoms with van der Waals surface area (Å²) in [4.78, 5) is 9.20. The number of nitrogens with one attached hydrogen (secondary N) is 1. The molecule has 0 saturated carbocycles. The highest BCUT2D eigenvalue weighted by atomic mass is 16.5. The van der Waals surface area contributed by atoms with Crippen LogP contribution in [0.1, 0.15) is 31.5 Å². The Morgan fingerprint density at radius 1 is 1.16 bits per heavy atom. The van der Waals surface area contributed by atoms with Gasteiger partial charge in [-0.15, -0.1) is 0 Å². The van der Waals surface area contributed by atoms with Crippen LogP contribution < -0.4 is 15.8 Å². The van der Waals surface area contributed by atoms with Crippen LogP contribution in [0.5, 0.6) is 5.75 Å². The number of imidazole rings is 1. The molecule has 0 aliphatic carbocycles. The predicted molar refractivity (Wildman–Crippen MR) is 100.0 cm³/mol. The van der Waals surface area contributed by atoms with Crippen LogP contribution in [0.2, 0.25) is 0 Å². The number of nitrogens with zero attached hydrogens (tertiary/aromatic N) is 3. The lowest BCUT2D eigenvalue weighted by molar-refractivity contribution is 0.309. The number of aliphatic imine (C=N–C) groups is 1. The zero-order valence-corrected chi connectivity index (χ0v) is 14.1. The zero-order valence-electron chi connectivity index (χ0n) is 14.1. The number of unbranched alkanes of at least 4 members (excludes halogenated alkanes) is 1. The van der Waals surface area contributed by atoms with Crippen molar-refractivity contribution in [3.8, 4) is 5.75 Å². The van der Waals surface area contributed by atoms with E-state index in [4.69, 9.17) is 10.5 Å². The summed E-state index contributed by atoms with van der Waals surface area (Å²) in [5.41, 5.74) is 8.95. The van der Waals surface area contributed by atoms with Crippen molar-refractivity contribution in [3.63, 3.8) is 0 Å². The maximum Gasteiger partial charge on any atom is 0.212 e. The van der Waals surface area contributed by atoms with Crippen molar-refractivity contribution in [1.29, 1.82) is 0 Å². The van der Waals surface area contributed by atoms with Gasteiger partial charge in [0.15, 0.2) is 12.1 Å². The van der Waals surface area contributed by atoms with Crippen LogP contribution in [0.4, 0.5) is 5.95 Å². The second-order valence-corrected chi connectivity index (χ2v) is 6.08. The van der Waals surface area contributed by atoms with Gasteiger partial charge in [-0.05, 0) is 36.2 Å². The lowest BCUT2D eigenvalue weighted by Crippen LogP contribution is -2.31. The molecule has 1 atom stereocenters. The van der Waals surface area contributed by atoms with Gasteiger partial charge in [-0.3, -0.25) is 9.88 Å². The molecule has 6 nitrogen and oxygen atoms in total. The molecule has 6 heteroatoms. The molecule has 128 valence electrons. The van der Waals surface area contributed by atoms with E-state index in [9.17, 15) is 0 Å². The summed E-state index contributed by atoms with van der Waals surface area (Å²) in [6.45, 7) is 2.89. The van der Waals surface area contributed by atoms with E-state index in [2.05, 4.69) is 26.8 Å². The van der Waals surface area contributed by atoms with Crippen LogP contribution >= 0.6 is 0 Å². The number of hydrogen-bond donors (Lipinski definition) is 2. The molecule has 0 amide bonds. The van der Waals surface area contributed by atoms with Gasteiger partial charge < -0.3 is 10.5 Å². The Morgan fingerprint density at radius 2 is 1.96 bits per heavy atom. The number of benzene rings is 2. The molecular formula is C19H21N5O. The van der Waals surface area contributed by atoms with E-state index >= 15 is 0 Å². The van der Waals surface area contributed by atoms with Gasteiger partial charge in [-0.2, -0.15) is 0 Å². The number of aromatic nitrogens is 2. The van der Waals surface area contributed by atoms with E-state index in [1.54, 1.807) is 0 Å². The van der Waals surface area contributed by atoms with Gasteiger partial charge in [0, 0.05) is 0 Å². The minimum atomic E-state index is -0.242. The Hall–Kier alpha value is -3.02. The maximum absolute atomic E-state index is 5.97.